The highest BCUT2D eigenvalue weighted by Gasteiger charge is 2.10. The van der Waals surface area contributed by atoms with E-state index in [0.717, 1.165) is 43.4 Å². The van der Waals surface area contributed by atoms with Gasteiger partial charge in [0.1, 0.15) is 5.01 Å². The molecule has 8 heteroatoms. The van der Waals surface area contributed by atoms with Gasteiger partial charge < -0.3 is 5.32 Å². The van der Waals surface area contributed by atoms with E-state index in [0.29, 0.717) is 0 Å². The predicted molar refractivity (Wildman–Crippen MR) is 120 cm³/mol. The van der Waals surface area contributed by atoms with E-state index in [4.69, 9.17) is 0 Å². The number of amides is 1. The fourth-order valence-electron chi connectivity index (χ4n) is 2.73. The first-order valence-corrected chi connectivity index (χ1v) is 11.6. The summed E-state index contributed by atoms with van der Waals surface area (Å²) in [5, 5.41) is 10.6. The number of thiophene rings is 1. The number of carbonyl (C=O) groups is 1. The molecule has 1 N–H and O–H groups in total. The van der Waals surface area contributed by atoms with E-state index in [2.05, 4.69) is 25.6 Å². The molecule has 0 unspecified atom stereocenters. The molecule has 0 spiro atoms. The van der Waals surface area contributed by atoms with Crippen molar-refractivity contribution >= 4 is 46.0 Å². The van der Waals surface area contributed by atoms with Gasteiger partial charge in [0.15, 0.2) is 5.16 Å². The number of benzene rings is 1. The Morgan fingerprint density at radius 1 is 1.03 bits per heavy atom. The summed E-state index contributed by atoms with van der Waals surface area (Å²) in [4.78, 5) is 26.8. The molecule has 0 aliphatic rings. The van der Waals surface area contributed by atoms with Crippen molar-refractivity contribution in [1.82, 2.24) is 15.0 Å². The minimum atomic E-state index is -0.0785. The van der Waals surface area contributed by atoms with Crippen LogP contribution in [-0.4, -0.2) is 20.9 Å². The van der Waals surface area contributed by atoms with E-state index in [9.17, 15) is 4.79 Å². The van der Waals surface area contributed by atoms with E-state index in [1.807, 2.05) is 61.0 Å². The van der Waals surface area contributed by atoms with Crippen LogP contribution in [-0.2, 0) is 11.2 Å². The summed E-state index contributed by atoms with van der Waals surface area (Å²) in [5.74, 6) is -0.0785. The van der Waals surface area contributed by atoms with Gasteiger partial charge in [-0.05, 0) is 67.4 Å². The summed E-state index contributed by atoms with van der Waals surface area (Å²) < 4.78 is 0. The summed E-state index contributed by atoms with van der Waals surface area (Å²) >= 11 is 4.71. The number of aromatic nitrogens is 3. The largest absolute Gasteiger partial charge is 0.326 e. The van der Waals surface area contributed by atoms with Crippen molar-refractivity contribution in [3.8, 4) is 10.6 Å². The van der Waals surface area contributed by atoms with Crippen molar-refractivity contribution in [3.63, 3.8) is 0 Å². The Balaban J connectivity index is 1.35. The molecule has 4 aromatic rings. The van der Waals surface area contributed by atoms with E-state index in [-0.39, 0.29) is 12.3 Å². The molecule has 3 heterocycles. The molecular weight excluding hydrogens is 420 g/mol. The quantitative estimate of drug-likeness (QED) is 0.396. The second-order valence-corrected chi connectivity index (χ2v) is 9.12. The van der Waals surface area contributed by atoms with Crippen LogP contribution in [0.2, 0.25) is 0 Å². The van der Waals surface area contributed by atoms with Gasteiger partial charge in [-0.2, -0.15) is 11.3 Å². The molecule has 0 aliphatic heterocycles. The smallest absolute Gasteiger partial charge is 0.230 e. The van der Waals surface area contributed by atoms with Crippen LogP contribution >= 0.6 is 34.4 Å². The highest BCUT2D eigenvalue weighted by Crippen LogP contribution is 2.27. The Hall–Kier alpha value is -2.55. The Labute approximate surface area is 181 Å². The van der Waals surface area contributed by atoms with E-state index < -0.39 is 0 Å². The van der Waals surface area contributed by atoms with Gasteiger partial charge in [-0.25, -0.2) is 15.0 Å². The monoisotopic (exact) mass is 438 g/mol. The van der Waals surface area contributed by atoms with Crippen molar-refractivity contribution in [2.24, 2.45) is 0 Å². The number of nitrogens with one attached hydrogen (secondary N) is 1. The highest BCUT2D eigenvalue weighted by molar-refractivity contribution is 7.99. The Morgan fingerprint density at radius 3 is 2.48 bits per heavy atom. The first kappa shape index (κ1) is 19.8. The third-order valence-electron chi connectivity index (χ3n) is 3.97. The average Bonchev–Trinajstić information content (AvgIpc) is 3.34. The number of carbonyl (C=O) groups excluding carboxylic acids is 1. The van der Waals surface area contributed by atoms with Gasteiger partial charge in [0, 0.05) is 38.3 Å². The topological polar surface area (TPSA) is 67.8 Å². The molecule has 0 atom stereocenters. The molecule has 0 aliphatic carbocycles. The molecule has 0 bridgehead atoms. The van der Waals surface area contributed by atoms with Crippen LogP contribution in [0.15, 0.2) is 62.6 Å². The highest BCUT2D eigenvalue weighted by atomic mass is 32.2. The summed E-state index contributed by atoms with van der Waals surface area (Å²) in [6.45, 7) is 3.92. The van der Waals surface area contributed by atoms with Gasteiger partial charge in [0.25, 0.3) is 0 Å². The second-order valence-electron chi connectivity index (χ2n) is 6.44. The normalized spacial score (nSPS) is 10.8. The first-order valence-electron chi connectivity index (χ1n) is 8.92. The number of hydrogen-bond acceptors (Lipinski definition) is 7. The minimum Gasteiger partial charge on any atom is -0.326 e. The molecule has 1 aromatic carbocycles. The van der Waals surface area contributed by atoms with E-state index in [1.165, 1.54) is 11.8 Å². The van der Waals surface area contributed by atoms with Gasteiger partial charge in [-0.3, -0.25) is 4.79 Å². The minimum absolute atomic E-state index is 0.0785. The first-order chi connectivity index (χ1) is 14.0. The maximum Gasteiger partial charge on any atom is 0.230 e. The van der Waals surface area contributed by atoms with Crippen LogP contribution in [0, 0.1) is 13.8 Å². The molecule has 0 radical (unpaired) electrons. The SMILES string of the molecule is Cc1cc(C)nc(Sc2ccc(NC(=O)Cc3csc(-c4ccsc4)n3)cc2)n1. The predicted octanol–water partition coefficient (Wildman–Crippen LogP) is 5.61. The maximum absolute atomic E-state index is 12.4. The van der Waals surface area contributed by atoms with Crippen LogP contribution in [0.3, 0.4) is 0 Å². The lowest BCUT2D eigenvalue weighted by atomic mass is 10.3. The standard InChI is InChI=1S/C21H18N4OS3/c1-13-9-14(2)23-21(22-13)29-18-5-3-16(4-6-18)24-19(26)10-17-12-28-20(25-17)15-7-8-27-11-15/h3-9,11-12H,10H2,1-2H3,(H,24,26). The molecule has 0 saturated heterocycles. The van der Waals surface area contributed by atoms with Gasteiger partial charge >= 0.3 is 0 Å². The number of thiazole rings is 1. The van der Waals surface area contributed by atoms with Crippen LogP contribution < -0.4 is 5.32 Å². The zero-order valence-corrected chi connectivity index (χ0v) is 18.3. The summed E-state index contributed by atoms with van der Waals surface area (Å²) in [6.07, 6.45) is 0.257. The van der Waals surface area contributed by atoms with Gasteiger partial charge in [-0.15, -0.1) is 11.3 Å². The van der Waals surface area contributed by atoms with E-state index in [1.54, 1.807) is 22.7 Å². The van der Waals surface area contributed by atoms with Gasteiger partial charge in [0.05, 0.1) is 12.1 Å². The lowest BCUT2D eigenvalue weighted by molar-refractivity contribution is -0.115. The van der Waals surface area contributed by atoms with Crippen molar-refractivity contribution in [2.45, 2.75) is 30.3 Å². The molecule has 5 nitrogen and oxygen atoms in total. The molecule has 3 aromatic heterocycles. The Bertz CT molecular complexity index is 1100. The number of nitrogens with zero attached hydrogens (tertiary/aromatic N) is 3. The molecule has 29 heavy (non-hydrogen) atoms. The molecular formula is C21H18N4OS3. The molecule has 0 saturated carbocycles. The number of aryl methyl sites for hydroxylation is 2. The fraction of sp³-hybridized carbons (Fsp3) is 0.143. The molecule has 0 fully saturated rings. The number of hydrogen-bond donors (Lipinski definition) is 1. The summed E-state index contributed by atoms with van der Waals surface area (Å²) in [6, 6.07) is 11.7. The van der Waals surface area contributed by atoms with E-state index >= 15 is 0 Å². The zero-order valence-electron chi connectivity index (χ0n) is 15.9. The molecule has 146 valence electrons. The van der Waals surface area contributed by atoms with Crippen molar-refractivity contribution in [3.05, 3.63) is 69.6 Å². The van der Waals surface area contributed by atoms with Crippen LogP contribution in [0.1, 0.15) is 17.1 Å². The molecule has 1 amide bonds. The zero-order chi connectivity index (χ0) is 20.2. The maximum atomic E-state index is 12.4. The van der Waals surface area contributed by atoms with Crippen LogP contribution in [0.5, 0.6) is 0 Å². The average molecular weight is 439 g/mol. The number of rotatable bonds is 6. The second kappa shape index (κ2) is 8.86. The Kier molecular flexibility index (Phi) is 6.03. The third kappa shape index (κ3) is 5.29. The van der Waals surface area contributed by atoms with Crippen LogP contribution in [0.25, 0.3) is 10.6 Å². The van der Waals surface area contributed by atoms with Crippen molar-refractivity contribution in [2.75, 3.05) is 5.32 Å². The summed E-state index contributed by atoms with van der Waals surface area (Å²) in [7, 11) is 0. The lowest BCUT2D eigenvalue weighted by Crippen LogP contribution is -2.14. The van der Waals surface area contributed by atoms with Gasteiger partial charge in [-0.1, -0.05) is 0 Å². The van der Waals surface area contributed by atoms with Crippen molar-refractivity contribution in [1.29, 1.82) is 0 Å². The van der Waals surface area contributed by atoms with Crippen LogP contribution in [0.4, 0.5) is 5.69 Å². The summed E-state index contributed by atoms with van der Waals surface area (Å²) in [5.41, 5.74) is 4.55. The van der Waals surface area contributed by atoms with Crippen molar-refractivity contribution < 1.29 is 4.79 Å². The van der Waals surface area contributed by atoms with Gasteiger partial charge in [0.2, 0.25) is 5.91 Å². The number of anilines is 1. The fourth-order valence-corrected chi connectivity index (χ4v) is 5.12. The third-order valence-corrected chi connectivity index (χ3v) is 6.47. The molecule has 4 rings (SSSR count). The Morgan fingerprint density at radius 2 is 1.79 bits per heavy atom. The lowest BCUT2D eigenvalue weighted by Gasteiger charge is -2.06.